The summed E-state index contributed by atoms with van der Waals surface area (Å²) < 4.78 is 52.6. The molecule has 3 amide bonds. The van der Waals surface area contributed by atoms with Crippen LogP contribution in [0.4, 0.5) is 9.18 Å². The van der Waals surface area contributed by atoms with Crippen LogP contribution in [0.2, 0.25) is 0 Å². The minimum Gasteiger partial charge on any atom is -0.746 e. The summed E-state index contributed by atoms with van der Waals surface area (Å²) in [7, 11) is -5.21. The van der Waals surface area contributed by atoms with Gasteiger partial charge in [0.2, 0.25) is 11.8 Å². The Hall–Kier alpha value is -2.42. The van der Waals surface area contributed by atoms with Gasteiger partial charge in [-0.25, -0.2) is 17.6 Å². The van der Waals surface area contributed by atoms with Crippen molar-refractivity contribution in [3.05, 3.63) is 30.1 Å². The van der Waals surface area contributed by atoms with Crippen molar-refractivity contribution in [2.45, 2.75) is 74.1 Å². The molecule has 4 atom stereocenters. The Morgan fingerprint density at radius 3 is 2.55 bits per heavy atom. The molecule has 1 unspecified atom stereocenters. The number of benzene rings is 1. The maximum atomic E-state index is 13.5. The quantitative estimate of drug-likeness (QED) is 0.201. The summed E-state index contributed by atoms with van der Waals surface area (Å²) in [6, 6.07) is 3.23. The van der Waals surface area contributed by atoms with E-state index in [0.29, 0.717) is 17.9 Å². The summed E-state index contributed by atoms with van der Waals surface area (Å²) in [5, 5.41) is 17.5. The Bertz CT molecular complexity index is 1100. The average Bonchev–Trinajstić information content (AvgIpc) is 3.19. The average molecular weight is 577 g/mol. The highest BCUT2D eigenvalue weighted by Crippen LogP contribution is 2.33. The SMILES string of the molecule is CC(C)C[C@H](NC(=O)OCC(C)(C)Sc1cccc(F)c1)C(=O)N[C@@H](C[C@@H]1CCNC1=O)C(O)S(=O)(=O)[O-]. The van der Waals surface area contributed by atoms with Gasteiger partial charge >= 0.3 is 6.09 Å². The molecule has 11 nitrogen and oxygen atoms in total. The Morgan fingerprint density at radius 1 is 1.32 bits per heavy atom. The molecule has 214 valence electrons. The van der Waals surface area contributed by atoms with Crippen molar-refractivity contribution in [1.82, 2.24) is 16.0 Å². The predicted molar refractivity (Wildman–Crippen MR) is 137 cm³/mol. The van der Waals surface area contributed by atoms with Crippen molar-refractivity contribution in [2.24, 2.45) is 11.8 Å². The van der Waals surface area contributed by atoms with E-state index in [1.807, 2.05) is 0 Å². The van der Waals surface area contributed by atoms with Gasteiger partial charge < -0.3 is 30.3 Å². The molecular formula is C24H35FN3O8S2-. The molecule has 14 heteroatoms. The second-order valence-electron chi connectivity index (χ2n) is 10.2. The summed E-state index contributed by atoms with van der Waals surface area (Å²) in [6.07, 6.45) is -0.702. The first-order chi connectivity index (χ1) is 17.6. The number of amides is 3. The Morgan fingerprint density at radius 2 is 2.00 bits per heavy atom. The molecule has 0 aromatic heterocycles. The number of aliphatic hydroxyl groups excluding tert-OH is 1. The second kappa shape index (κ2) is 13.6. The van der Waals surface area contributed by atoms with Gasteiger partial charge in [-0.1, -0.05) is 19.9 Å². The highest BCUT2D eigenvalue weighted by molar-refractivity contribution is 8.00. The topological polar surface area (TPSA) is 174 Å². The van der Waals surface area contributed by atoms with Crippen LogP contribution < -0.4 is 16.0 Å². The van der Waals surface area contributed by atoms with Crippen molar-refractivity contribution < 1.29 is 41.6 Å². The van der Waals surface area contributed by atoms with Gasteiger partial charge in [0.15, 0.2) is 5.44 Å². The lowest BCUT2D eigenvalue weighted by atomic mass is 9.97. The molecule has 1 aliphatic heterocycles. The number of nitrogens with one attached hydrogen (secondary N) is 3. The van der Waals surface area contributed by atoms with Crippen molar-refractivity contribution in [1.29, 1.82) is 0 Å². The largest absolute Gasteiger partial charge is 0.746 e. The lowest BCUT2D eigenvalue weighted by Gasteiger charge is -2.30. The van der Waals surface area contributed by atoms with E-state index in [-0.39, 0.29) is 31.3 Å². The summed E-state index contributed by atoms with van der Waals surface area (Å²) in [6.45, 7) is 7.45. The van der Waals surface area contributed by atoms with E-state index in [9.17, 15) is 36.9 Å². The zero-order valence-corrected chi connectivity index (χ0v) is 23.4. The standard InChI is InChI=1S/C24H36FN3O8S2/c1-14(2)10-18(28-23(32)36-13-24(3,4)37-17-7-5-6-16(25)12-17)21(30)27-19(22(31)38(33,34)35)11-15-8-9-26-20(15)29/h5-7,12,14-15,18-19,22,31H,8-11,13H2,1-4H3,(H,26,29)(H,27,30)(H,28,32)(H,33,34,35)/p-1/t15-,18-,19-,22?/m0/s1. The van der Waals surface area contributed by atoms with E-state index in [1.54, 1.807) is 39.8 Å². The van der Waals surface area contributed by atoms with Crippen LogP contribution in [0.1, 0.15) is 47.0 Å². The molecule has 1 heterocycles. The fourth-order valence-corrected chi connectivity index (χ4v) is 5.57. The van der Waals surface area contributed by atoms with Crippen LogP contribution in [0.25, 0.3) is 0 Å². The first-order valence-corrected chi connectivity index (χ1v) is 14.4. The van der Waals surface area contributed by atoms with E-state index < -0.39 is 56.1 Å². The zero-order valence-electron chi connectivity index (χ0n) is 21.7. The van der Waals surface area contributed by atoms with E-state index in [1.165, 1.54) is 23.9 Å². The van der Waals surface area contributed by atoms with Crippen LogP contribution in [0.3, 0.4) is 0 Å². The van der Waals surface area contributed by atoms with E-state index in [2.05, 4.69) is 16.0 Å². The van der Waals surface area contributed by atoms with E-state index in [4.69, 9.17) is 4.74 Å². The smallest absolute Gasteiger partial charge is 0.407 e. The monoisotopic (exact) mass is 576 g/mol. The van der Waals surface area contributed by atoms with Gasteiger partial charge in [0.1, 0.15) is 28.6 Å². The third-order valence-electron chi connectivity index (χ3n) is 5.73. The number of halogens is 1. The van der Waals surface area contributed by atoms with Gasteiger partial charge in [0, 0.05) is 22.1 Å². The molecule has 0 saturated carbocycles. The van der Waals surface area contributed by atoms with E-state index in [0.717, 1.165) is 0 Å². The van der Waals surface area contributed by atoms with Crippen molar-refractivity contribution in [3.63, 3.8) is 0 Å². The van der Waals surface area contributed by atoms with Crippen LogP contribution in [-0.4, -0.2) is 71.4 Å². The van der Waals surface area contributed by atoms with Gasteiger partial charge in [-0.05, 0) is 57.2 Å². The number of thioether (sulfide) groups is 1. The van der Waals surface area contributed by atoms with Gasteiger partial charge in [-0.15, -0.1) is 11.8 Å². The molecule has 1 fully saturated rings. The lowest BCUT2D eigenvalue weighted by Crippen LogP contribution is -2.55. The Labute approximate surface area is 226 Å². The molecule has 4 N–H and O–H groups in total. The molecule has 1 aromatic carbocycles. The molecule has 38 heavy (non-hydrogen) atoms. The Kier molecular flexibility index (Phi) is 11.4. The minimum absolute atomic E-state index is 0.0808. The number of hydrogen-bond donors (Lipinski definition) is 4. The number of alkyl carbamates (subject to hydrolysis) is 1. The van der Waals surface area contributed by atoms with Crippen LogP contribution in [0, 0.1) is 17.7 Å². The lowest BCUT2D eigenvalue weighted by molar-refractivity contribution is -0.126. The van der Waals surface area contributed by atoms with Crippen LogP contribution in [0.5, 0.6) is 0 Å². The molecule has 0 bridgehead atoms. The third kappa shape index (κ3) is 10.4. The van der Waals surface area contributed by atoms with Gasteiger partial charge in [0.05, 0.1) is 6.04 Å². The first kappa shape index (κ1) is 31.8. The molecular weight excluding hydrogens is 541 g/mol. The summed E-state index contributed by atoms with van der Waals surface area (Å²) in [5.74, 6) is -2.39. The third-order valence-corrected chi connectivity index (χ3v) is 7.81. The zero-order chi connectivity index (χ0) is 28.7. The van der Waals surface area contributed by atoms with Crippen LogP contribution >= 0.6 is 11.8 Å². The minimum atomic E-state index is -5.21. The number of rotatable bonds is 13. The maximum absolute atomic E-state index is 13.5. The molecule has 1 aromatic rings. The van der Waals surface area contributed by atoms with Gasteiger partial charge in [0.25, 0.3) is 0 Å². The number of aliphatic hydroxyl groups is 1. The fraction of sp³-hybridized carbons (Fsp3) is 0.625. The van der Waals surface area contributed by atoms with Gasteiger partial charge in [-0.2, -0.15) is 0 Å². The molecule has 2 rings (SSSR count). The Balaban J connectivity index is 2.06. The van der Waals surface area contributed by atoms with Crippen molar-refractivity contribution in [2.75, 3.05) is 13.2 Å². The normalized spacial score (nSPS) is 18.4. The molecule has 0 spiro atoms. The summed E-state index contributed by atoms with van der Waals surface area (Å²) >= 11 is 1.30. The molecule has 0 radical (unpaired) electrons. The number of ether oxygens (including phenoxy) is 1. The molecule has 0 aliphatic carbocycles. The second-order valence-corrected chi connectivity index (χ2v) is 13.5. The van der Waals surface area contributed by atoms with Gasteiger partial charge in [-0.3, -0.25) is 9.59 Å². The van der Waals surface area contributed by atoms with Crippen LogP contribution in [0.15, 0.2) is 29.2 Å². The number of carbonyl (C=O) groups excluding carboxylic acids is 3. The van der Waals surface area contributed by atoms with Crippen LogP contribution in [-0.2, 0) is 24.4 Å². The summed E-state index contributed by atoms with van der Waals surface area (Å²) in [5.41, 5.74) is -2.48. The predicted octanol–water partition coefficient (Wildman–Crippen LogP) is 1.71. The fourth-order valence-electron chi connectivity index (χ4n) is 3.91. The van der Waals surface area contributed by atoms with Crippen molar-refractivity contribution in [3.8, 4) is 0 Å². The maximum Gasteiger partial charge on any atom is 0.407 e. The highest BCUT2D eigenvalue weighted by atomic mass is 32.2. The first-order valence-electron chi connectivity index (χ1n) is 12.2. The number of carbonyl (C=O) groups is 3. The summed E-state index contributed by atoms with van der Waals surface area (Å²) in [4.78, 5) is 38.2. The van der Waals surface area contributed by atoms with Crippen molar-refractivity contribution >= 4 is 39.8 Å². The molecule has 1 aliphatic rings. The highest BCUT2D eigenvalue weighted by Gasteiger charge is 2.35. The number of hydrogen-bond acceptors (Lipinski definition) is 9. The molecule has 1 saturated heterocycles. The van der Waals surface area contributed by atoms with E-state index >= 15 is 0 Å².